The summed E-state index contributed by atoms with van der Waals surface area (Å²) in [6.07, 6.45) is 0.750. The summed E-state index contributed by atoms with van der Waals surface area (Å²) >= 11 is 0. The van der Waals surface area contributed by atoms with Gasteiger partial charge in [0.05, 0.1) is 12.6 Å². The van der Waals surface area contributed by atoms with Crippen LogP contribution in [0.2, 0.25) is 0 Å². The van der Waals surface area contributed by atoms with E-state index in [-0.39, 0.29) is 23.1 Å². The summed E-state index contributed by atoms with van der Waals surface area (Å²) in [6, 6.07) is 4.14. The molecule has 1 saturated heterocycles. The van der Waals surface area contributed by atoms with Crippen LogP contribution < -0.4 is 5.32 Å². The molecule has 0 radical (unpaired) electrons. The Morgan fingerprint density at radius 1 is 1.38 bits per heavy atom. The van der Waals surface area contributed by atoms with Crippen molar-refractivity contribution in [3.63, 3.8) is 0 Å². The first-order chi connectivity index (χ1) is 7.68. The van der Waals surface area contributed by atoms with Crippen LogP contribution >= 0.6 is 0 Å². The largest absolute Gasteiger partial charge is 0.507 e. The highest BCUT2D eigenvalue weighted by Gasteiger charge is 2.22. The molecule has 86 valence electrons. The first-order valence-corrected chi connectivity index (χ1v) is 5.08. The van der Waals surface area contributed by atoms with Crippen LogP contribution in [0.5, 0.6) is 11.5 Å². The van der Waals surface area contributed by atoms with Crippen LogP contribution in [0.25, 0.3) is 0 Å². The molecule has 2 rings (SSSR count). The Hall–Kier alpha value is -1.75. The van der Waals surface area contributed by atoms with E-state index in [1.807, 2.05) is 0 Å². The summed E-state index contributed by atoms with van der Waals surface area (Å²) in [6.45, 7) is 1.10. The average molecular weight is 223 g/mol. The SMILES string of the molecule is O=C(NC1CCOC1)c1c(O)cccc1O. The maximum absolute atomic E-state index is 11.8. The molecule has 0 aromatic heterocycles. The maximum Gasteiger partial charge on any atom is 0.259 e. The number of carbonyl (C=O) groups excluding carboxylic acids is 1. The zero-order valence-corrected chi connectivity index (χ0v) is 8.64. The standard InChI is InChI=1S/C11H13NO4/c13-8-2-1-3-9(14)10(8)11(15)12-7-4-5-16-6-7/h1-3,7,13-14H,4-6H2,(H,12,15). The predicted molar refractivity (Wildman–Crippen MR) is 56.5 cm³/mol. The summed E-state index contributed by atoms with van der Waals surface area (Å²) < 4.78 is 5.11. The highest BCUT2D eigenvalue weighted by molar-refractivity contribution is 5.99. The zero-order chi connectivity index (χ0) is 11.5. The van der Waals surface area contributed by atoms with Gasteiger partial charge in [0, 0.05) is 6.61 Å². The lowest BCUT2D eigenvalue weighted by Crippen LogP contribution is -2.35. The van der Waals surface area contributed by atoms with Gasteiger partial charge in [0.15, 0.2) is 0 Å². The predicted octanol–water partition coefficient (Wildman–Crippen LogP) is 0.617. The summed E-state index contributed by atoms with van der Waals surface area (Å²) in [5.74, 6) is -0.932. The minimum absolute atomic E-state index is 0.0495. The fraction of sp³-hybridized carbons (Fsp3) is 0.364. The molecule has 1 heterocycles. The Morgan fingerprint density at radius 2 is 2.06 bits per heavy atom. The van der Waals surface area contributed by atoms with Crippen LogP contribution in [0, 0.1) is 0 Å². The van der Waals surface area contributed by atoms with Crippen LogP contribution in [0.3, 0.4) is 0 Å². The number of amides is 1. The van der Waals surface area contributed by atoms with Crippen molar-refractivity contribution >= 4 is 5.91 Å². The van der Waals surface area contributed by atoms with Crippen molar-refractivity contribution in [2.45, 2.75) is 12.5 Å². The van der Waals surface area contributed by atoms with Gasteiger partial charge in [0.1, 0.15) is 17.1 Å². The van der Waals surface area contributed by atoms with Gasteiger partial charge in [0.25, 0.3) is 5.91 Å². The Morgan fingerprint density at radius 3 is 2.62 bits per heavy atom. The van der Waals surface area contributed by atoms with E-state index in [4.69, 9.17) is 4.74 Å². The van der Waals surface area contributed by atoms with Gasteiger partial charge < -0.3 is 20.3 Å². The Labute approximate surface area is 92.7 Å². The van der Waals surface area contributed by atoms with Gasteiger partial charge in [-0.2, -0.15) is 0 Å². The number of phenolic OH excluding ortho intramolecular Hbond substituents is 2. The quantitative estimate of drug-likeness (QED) is 0.686. The summed E-state index contributed by atoms with van der Waals surface area (Å²) in [7, 11) is 0. The molecular weight excluding hydrogens is 210 g/mol. The van der Waals surface area contributed by atoms with E-state index in [0.29, 0.717) is 13.2 Å². The average Bonchev–Trinajstić information content (AvgIpc) is 2.70. The number of phenols is 2. The third kappa shape index (κ3) is 2.09. The van der Waals surface area contributed by atoms with Crippen LogP contribution in [0.4, 0.5) is 0 Å². The van der Waals surface area contributed by atoms with Gasteiger partial charge in [0.2, 0.25) is 0 Å². The Bertz CT molecular complexity index is 379. The molecule has 1 aromatic rings. The molecule has 5 nitrogen and oxygen atoms in total. The molecule has 1 fully saturated rings. The molecule has 5 heteroatoms. The number of ether oxygens (including phenoxy) is 1. The molecule has 16 heavy (non-hydrogen) atoms. The van der Waals surface area contributed by atoms with Crippen molar-refractivity contribution < 1.29 is 19.7 Å². The molecule has 0 aliphatic carbocycles. The molecular formula is C11H13NO4. The van der Waals surface area contributed by atoms with Gasteiger partial charge in [-0.05, 0) is 18.6 Å². The lowest BCUT2D eigenvalue weighted by molar-refractivity contribution is 0.0924. The van der Waals surface area contributed by atoms with E-state index in [1.54, 1.807) is 0 Å². The highest BCUT2D eigenvalue weighted by atomic mass is 16.5. The molecule has 0 spiro atoms. The minimum atomic E-state index is -0.480. The maximum atomic E-state index is 11.8. The lowest BCUT2D eigenvalue weighted by atomic mass is 10.1. The van der Waals surface area contributed by atoms with Crippen molar-refractivity contribution in [3.8, 4) is 11.5 Å². The number of carbonyl (C=O) groups is 1. The number of nitrogens with one attached hydrogen (secondary N) is 1. The van der Waals surface area contributed by atoms with Crippen LogP contribution in [-0.4, -0.2) is 35.4 Å². The summed E-state index contributed by atoms with van der Waals surface area (Å²) in [5, 5.41) is 21.7. The lowest BCUT2D eigenvalue weighted by Gasteiger charge is -2.12. The summed E-state index contributed by atoms with van der Waals surface area (Å²) in [5.41, 5.74) is -0.0885. The summed E-state index contributed by atoms with van der Waals surface area (Å²) in [4.78, 5) is 11.8. The normalized spacial score (nSPS) is 19.6. The van der Waals surface area contributed by atoms with E-state index in [2.05, 4.69) is 5.32 Å². The Kier molecular flexibility index (Phi) is 2.96. The van der Waals surface area contributed by atoms with Gasteiger partial charge in [-0.1, -0.05) is 6.07 Å². The van der Waals surface area contributed by atoms with E-state index < -0.39 is 5.91 Å². The number of aromatic hydroxyl groups is 2. The smallest absolute Gasteiger partial charge is 0.259 e. The molecule has 0 saturated carbocycles. The van der Waals surface area contributed by atoms with Crippen LogP contribution in [-0.2, 0) is 4.74 Å². The number of hydrogen-bond acceptors (Lipinski definition) is 4. The second-order valence-electron chi connectivity index (χ2n) is 3.71. The van der Waals surface area contributed by atoms with Crippen molar-refractivity contribution in [1.29, 1.82) is 0 Å². The number of rotatable bonds is 2. The van der Waals surface area contributed by atoms with Crippen molar-refractivity contribution in [3.05, 3.63) is 23.8 Å². The van der Waals surface area contributed by atoms with Gasteiger partial charge >= 0.3 is 0 Å². The van der Waals surface area contributed by atoms with Gasteiger partial charge in [-0.25, -0.2) is 0 Å². The molecule has 1 unspecified atom stereocenters. The number of hydrogen-bond donors (Lipinski definition) is 3. The molecule has 1 aliphatic heterocycles. The van der Waals surface area contributed by atoms with Crippen molar-refractivity contribution in [2.24, 2.45) is 0 Å². The first kappa shape index (κ1) is 10.8. The molecule has 1 amide bonds. The third-order valence-electron chi connectivity index (χ3n) is 2.51. The highest BCUT2D eigenvalue weighted by Crippen LogP contribution is 2.26. The second kappa shape index (κ2) is 4.40. The van der Waals surface area contributed by atoms with Gasteiger partial charge in [-0.15, -0.1) is 0 Å². The molecule has 1 aliphatic rings. The third-order valence-corrected chi connectivity index (χ3v) is 2.51. The van der Waals surface area contributed by atoms with E-state index in [0.717, 1.165) is 6.42 Å². The van der Waals surface area contributed by atoms with Crippen LogP contribution in [0.1, 0.15) is 16.8 Å². The minimum Gasteiger partial charge on any atom is -0.507 e. The first-order valence-electron chi connectivity index (χ1n) is 5.08. The van der Waals surface area contributed by atoms with Crippen LogP contribution in [0.15, 0.2) is 18.2 Å². The van der Waals surface area contributed by atoms with E-state index in [1.165, 1.54) is 18.2 Å². The fourth-order valence-corrected chi connectivity index (χ4v) is 1.67. The monoisotopic (exact) mass is 223 g/mol. The fourth-order valence-electron chi connectivity index (χ4n) is 1.67. The zero-order valence-electron chi connectivity index (χ0n) is 8.64. The number of benzene rings is 1. The van der Waals surface area contributed by atoms with E-state index in [9.17, 15) is 15.0 Å². The van der Waals surface area contributed by atoms with E-state index >= 15 is 0 Å². The van der Waals surface area contributed by atoms with Gasteiger partial charge in [-0.3, -0.25) is 4.79 Å². The molecule has 0 bridgehead atoms. The Balaban J connectivity index is 2.13. The molecule has 1 atom stereocenters. The van der Waals surface area contributed by atoms with Crippen molar-refractivity contribution in [1.82, 2.24) is 5.32 Å². The molecule has 3 N–H and O–H groups in total. The van der Waals surface area contributed by atoms with Crippen molar-refractivity contribution in [2.75, 3.05) is 13.2 Å². The molecule has 1 aromatic carbocycles. The second-order valence-corrected chi connectivity index (χ2v) is 3.71. The topological polar surface area (TPSA) is 78.8 Å².